The summed E-state index contributed by atoms with van der Waals surface area (Å²) >= 11 is 4.00. The second-order valence-electron chi connectivity index (χ2n) is 8.26. The van der Waals surface area contributed by atoms with Gasteiger partial charge in [0, 0.05) is 28.5 Å². The van der Waals surface area contributed by atoms with Gasteiger partial charge in [0.25, 0.3) is 5.56 Å². The van der Waals surface area contributed by atoms with Crippen LogP contribution in [-0.4, -0.2) is 30.6 Å². The van der Waals surface area contributed by atoms with Crippen LogP contribution in [0.25, 0.3) is 21.6 Å². The van der Waals surface area contributed by atoms with Gasteiger partial charge in [0.1, 0.15) is 4.83 Å². The molecule has 0 aliphatic heterocycles. The molecule has 4 aromatic rings. The van der Waals surface area contributed by atoms with E-state index in [-0.39, 0.29) is 17.2 Å². The Morgan fingerprint density at radius 3 is 2.94 bits per heavy atom. The minimum absolute atomic E-state index is 0.0449. The molecule has 3 aromatic heterocycles. The van der Waals surface area contributed by atoms with Crippen molar-refractivity contribution in [1.29, 1.82) is 0 Å². The third-order valence-electron chi connectivity index (χ3n) is 5.73. The van der Waals surface area contributed by atoms with E-state index in [9.17, 15) is 9.59 Å². The zero-order chi connectivity index (χ0) is 23.7. The molecule has 0 saturated heterocycles. The molecule has 0 bridgehead atoms. The SMILES string of the molecule is C=CCn1c(SCC(=O)Nc2nc(-c3ccccc3)ns2)nc2sc3c(c2c1=O)CC[C@H](C)C3. The predicted octanol–water partition coefficient (Wildman–Crippen LogP) is 5.02. The van der Waals surface area contributed by atoms with E-state index in [0.29, 0.717) is 28.6 Å². The summed E-state index contributed by atoms with van der Waals surface area (Å²) in [5, 5.41) is 4.51. The van der Waals surface area contributed by atoms with Crippen LogP contribution in [-0.2, 0) is 24.2 Å². The number of nitrogens with zero attached hydrogens (tertiary/aromatic N) is 4. The first kappa shape index (κ1) is 22.9. The minimum Gasteiger partial charge on any atom is -0.300 e. The van der Waals surface area contributed by atoms with E-state index in [1.165, 1.54) is 16.6 Å². The van der Waals surface area contributed by atoms with Crippen LogP contribution in [0.5, 0.6) is 0 Å². The fraction of sp³-hybridized carbons (Fsp3) is 0.292. The first-order valence-electron chi connectivity index (χ1n) is 11.0. The fourth-order valence-electron chi connectivity index (χ4n) is 4.07. The number of aromatic nitrogens is 4. The van der Waals surface area contributed by atoms with Crippen molar-refractivity contribution >= 4 is 55.9 Å². The maximum absolute atomic E-state index is 13.4. The Balaban J connectivity index is 1.35. The number of amides is 1. The maximum Gasteiger partial charge on any atom is 0.263 e. The quantitative estimate of drug-likeness (QED) is 0.214. The largest absolute Gasteiger partial charge is 0.300 e. The molecular weight excluding hydrogens is 486 g/mol. The van der Waals surface area contributed by atoms with E-state index in [2.05, 4.69) is 28.2 Å². The van der Waals surface area contributed by atoms with E-state index < -0.39 is 0 Å². The molecule has 1 aromatic carbocycles. The number of allylic oxidation sites excluding steroid dienone is 1. The average molecular weight is 510 g/mol. The Hall–Kier alpha value is -2.82. The van der Waals surface area contributed by atoms with E-state index in [4.69, 9.17) is 4.98 Å². The van der Waals surface area contributed by atoms with E-state index >= 15 is 0 Å². The Bertz CT molecular complexity index is 1420. The summed E-state index contributed by atoms with van der Waals surface area (Å²) < 4.78 is 5.94. The van der Waals surface area contributed by atoms with Crippen molar-refractivity contribution in [2.24, 2.45) is 5.92 Å². The van der Waals surface area contributed by atoms with Gasteiger partial charge in [-0.3, -0.25) is 19.5 Å². The number of hydrogen-bond donors (Lipinski definition) is 1. The van der Waals surface area contributed by atoms with Crippen molar-refractivity contribution in [3.05, 3.63) is 63.8 Å². The minimum atomic E-state index is -0.223. The summed E-state index contributed by atoms with van der Waals surface area (Å²) in [5.74, 6) is 1.09. The Morgan fingerprint density at radius 1 is 1.32 bits per heavy atom. The number of anilines is 1. The maximum atomic E-state index is 13.4. The molecule has 1 amide bonds. The first-order valence-corrected chi connectivity index (χ1v) is 13.6. The highest BCUT2D eigenvalue weighted by molar-refractivity contribution is 7.99. The highest BCUT2D eigenvalue weighted by Crippen LogP contribution is 2.36. The summed E-state index contributed by atoms with van der Waals surface area (Å²) in [7, 11) is 0. The molecule has 1 atom stereocenters. The molecule has 34 heavy (non-hydrogen) atoms. The van der Waals surface area contributed by atoms with Gasteiger partial charge in [-0.15, -0.1) is 17.9 Å². The van der Waals surface area contributed by atoms with Crippen LogP contribution >= 0.6 is 34.6 Å². The topological polar surface area (TPSA) is 89.8 Å². The van der Waals surface area contributed by atoms with Crippen LogP contribution in [0.4, 0.5) is 5.13 Å². The van der Waals surface area contributed by atoms with Gasteiger partial charge in [0.2, 0.25) is 11.0 Å². The molecule has 1 aliphatic rings. The van der Waals surface area contributed by atoms with Gasteiger partial charge < -0.3 is 0 Å². The smallest absolute Gasteiger partial charge is 0.263 e. The summed E-state index contributed by atoms with van der Waals surface area (Å²) in [6.07, 6.45) is 4.69. The van der Waals surface area contributed by atoms with Gasteiger partial charge in [-0.25, -0.2) is 4.98 Å². The van der Waals surface area contributed by atoms with Gasteiger partial charge >= 0.3 is 0 Å². The molecule has 0 unspecified atom stereocenters. The van der Waals surface area contributed by atoms with Crippen molar-refractivity contribution in [3.8, 4) is 11.4 Å². The number of fused-ring (bicyclic) bond motifs is 3. The lowest BCUT2D eigenvalue weighted by atomic mass is 9.89. The molecule has 7 nitrogen and oxygen atoms in total. The molecule has 3 heterocycles. The molecule has 0 saturated carbocycles. The van der Waals surface area contributed by atoms with Gasteiger partial charge in [-0.05, 0) is 30.7 Å². The lowest BCUT2D eigenvalue weighted by molar-refractivity contribution is -0.113. The van der Waals surface area contributed by atoms with Crippen molar-refractivity contribution in [3.63, 3.8) is 0 Å². The van der Waals surface area contributed by atoms with Crippen LogP contribution in [0.3, 0.4) is 0 Å². The number of aryl methyl sites for hydroxylation is 1. The Labute approximate surface area is 209 Å². The average Bonchev–Trinajstić information content (AvgIpc) is 3.44. The lowest BCUT2D eigenvalue weighted by Gasteiger charge is -2.17. The van der Waals surface area contributed by atoms with Gasteiger partial charge in [-0.2, -0.15) is 9.36 Å². The molecule has 1 aliphatic carbocycles. The molecule has 0 spiro atoms. The van der Waals surface area contributed by atoms with Crippen LogP contribution in [0, 0.1) is 5.92 Å². The van der Waals surface area contributed by atoms with E-state index in [1.54, 1.807) is 22.0 Å². The van der Waals surface area contributed by atoms with Crippen LogP contribution in [0.15, 0.2) is 52.9 Å². The molecule has 0 fully saturated rings. The highest BCUT2D eigenvalue weighted by Gasteiger charge is 2.24. The van der Waals surface area contributed by atoms with E-state index in [1.807, 2.05) is 30.3 Å². The summed E-state index contributed by atoms with van der Waals surface area (Å²) in [6, 6.07) is 9.62. The number of thioether (sulfide) groups is 1. The van der Waals surface area contributed by atoms with Gasteiger partial charge in [-0.1, -0.05) is 55.1 Å². The standard InChI is InChI=1S/C24H23N5O2S3/c1-3-11-29-22(31)19-16-10-9-14(2)12-17(16)33-21(19)27-24(29)32-13-18(30)25-23-26-20(28-34-23)15-7-5-4-6-8-15/h3-8,14H,1,9-13H2,2H3,(H,25,26,28,30)/t14-/m0/s1. The number of thiophene rings is 1. The van der Waals surface area contributed by atoms with Crippen LogP contribution < -0.4 is 10.9 Å². The Morgan fingerprint density at radius 2 is 2.15 bits per heavy atom. The number of rotatable bonds is 7. The third-order valence-corrected chi connectivity index (χ3v) is 8.48. The predicted molar refractivity (Wildman–Crippen MR) is 140 cm³/mol. The molecular formula is C24H23N5O2S3. The first-order chi connectivity index (χ1) is 16.5. The number of carbonyl (C=O) groups is 1. The second-order valence-corrected chi connectivity index (χ2v) is 11.0. The van der Waals surface area contributed by atoms with Crippen LogP contribution in [0.1, 0.15) is 23.8 Å². The van der Waals surface area contributed by atoms with Crippen molar-refractivity contribution in [1.82, 2.24) is 18.9 Å². The van der Waals surface area contributed by atoms with Crippen molar-refractivity contribution < 1.29 is 4.79 Å². The number of benzene rings is 1. The van der Waals surface area contributed by atoms with Gasteiger partial charge in [0.05, 0.1) is 11.1 Å². The van der Waals surface area contributed by atoms with Crippen molar-refractivity contribution in [2.45, 2.75) is 37.9 Å². The van der Waals surface area contributed by atoms with Crippen molar-refractivity contribution in [2.75, 3.05) is 11.1 Å². The highest BCUT2D eigenvalue weighted by atomic mass is 32.2. The summed E-state index contributed by atoms with van der Waals surface area (Å²) in [6.45, 7) is 6.39. The molecule has 10 heteroatoms. The number of nitrogens with one attached hydrogen (secondary N) is 1. The molecule has 0 radical (unpaired) electrons. The zero-order valence-electron chi connectivity index (χ0n) is 18.6. The zero-order valence-corrected chi connectivity index (χ0v) is 21.1. The fourth-order valence-corrected chi connectivity index (χ4v) is 6.91. The number of carbonyl (C=O) groups excluding carboxylic acids is 1. The lowest BCUT2D eigenvalue weighted by Crippen LogP contribution is -2.24. The molecule has 5 rings (SSSR count). The van der Waals surface area contributed by atoms with Gasteiger partial charge in [0.15, 0.2) is 11.0 Å². The third kappa shape index (κ3) is 4.57. The second kappa shape index (κ2) is 9.81. The van der Waals surface area contributed by atoms with Crippen LogP contribution in [0.2, 0.25) is 0 Å². The van der Waals surface area contributed by atoms with E-state index in [0.717, 1.165) is 52.1 Å². The molecule has 1 N–H and O–H groups in total. The Kier molecular flexibility index (Phi) is 6.62. The summed E-state index contributed by atoms with van der Waals surface area (Å²) in [4.78, 5) is 37.2. The summed E-state index contributed by atoms with van der Waals surface area (Å²) in [5.41, 5.74) is 2.01. The molecule has 174 valence electrons. The normalized spacial score (nSPS) is 15.3. The monoisotopic (exact) mass is 509 g/mol. The number of hydrogen-bond acceptors (Lipinski definition) is 8.